The summed E-state index contributed by atoms with van der Waals surface area (Å²) < 4.78 is 5.37. The fourth-order valence-electron chi connectivity index (χ4n) is 2.13. The van der Waals surface area contributed by atoms with Crippen molar-refractivity contribution in [3.05, 3.63) is 59.4 Å². The molecule has 2 rings (SSSR count). The third-order valence-corrected chi connectivity index (χ3v) is 3.19. The second-order valence-corrected chi connectivity index (χ2v) is 4.85. The average Bonchev–Trinajstić information content (AvgIpc) is 2.48. The summed E-state index contributed by atoms with van der Waals surface area (Å²) in [5.41, 5.74) is 8.85. The van der Waals surface area contributed by atoms with Crippen molar-refractivity contribution in [2.75, 3.05) is 14.2 Å². The van der Waals surface area contributed by atoms with E-state index in [9.17, 15) is 0 Å². The zero-order chi connectivity index (χ0) is 14.4. The number of ether oxygens (including phenoxy) is 1. The number of nitrogens with two attached hydrogens (primary N) is 1. The van der Waals surface area contributed by atoms with Gasteiger partial charge in [0.25, 0.3) is 0 Å². The summed E-state index contributed by atoms with van der Waals surface area (Å²) >= 11 is 0. The van der Waals surface area contributed by atoms with Gasteiger partial charge in [-0.2, -0.15) is 0 Å². The summed E-state index contributed by atoms with van der Waals surface area (Å²) in [6, 6.07) is 12.1. The van der Waals surface area contributed by atoms with Crippen LogP contribution in [-0.2, 0) is 19.6 Å². The van der Waals surface area contributed by atoms with Crippen LogP contribution in [0.5, 0.6) is 5.75 Å². The Morgan fingerprint density at radius 3 is 2.60 bits per heavy atom. The van der Waals surface area contributed by atoms with E-state index >= 15 is 0 Å². The van der Waals surface area contributed by atoms with E-state index in [1.165, 1.54) is 5.56 Å². The van der Waals surface area contributed by atoms with E-state index < -0.39 is 0 Å². The standard InChI is InChI=1S/C16H21N3O/c1-19(11-14-5-3-4-6-16(14)20-2)12-15-8-7-13(9-17)10-18-15/h3-8,10H,9,11-12,17H2,1-2H3. The quantitative estimate of drug-likeness (QED) is 0.875. The number of para-hydroxylation sites is 1. The lowest BCUT2D eigenvalue weighted by molar-refractivity contribution is 0.306. The van der Waals surface area contributed by atoms with Crippen molar-refractivity contribution in [1.82, 2.24) is 9.88 Å². The number of benzene rings is 1. The van der Waals surface area contributed by atoms with E-state index in [4.69, 9.17) is 10.5 Å². The lowest BCUT2D eigenvalue weighted by Gasteiger charge is -2.18. The smallest absolute Gasteiger partial charge is 0.123 e. The zero-order valence-corrected chi connectivity index (χ0v) is 12.0. The molecule has 1 aromatic carbocycles. The molecule has 0 aliphatic rings. The number of hydrogen-bond acceptors (Lipinski definition) is 4. The lowest BCUT2D eigenvalue weighted by atomic mass is 10.2. The molecular formula is C16H21N3O. The Hall–Kier alpha value is -1.91. The Morgan fingerprint density at radius 2 is 1.95 bits per heavy atom. The van der Waals surface area contributed by atoms with Crippen LogP contribution in [0.3, 0.4) is 0 Å². The van der Waals surface area contributed by atoms with Gasteiger partial charge in [0.15, 0.2) is 0 Å². The number of methoxy groups -OCH3 is 1. The van der Waals surface area contributed by atoms with Gasteiger partial charge in [0.1, 0.15) is 5.75 Å². The van der Waals surface area contributed by atoms with Gasteiger partial charge in [0.2, 0.25) is 0 Å². The van der Waals surface area contributed by atoms with Crippen molar-refractivity contribution in [3.63, 3.8) is 0 Å². The van der Waals surface area contributed by atoms with E-state index in [1.54, 1.807) is 7.11 Å². The van der Waals surface area contributed by atoms with Gasteiger partial charge in [-0.05, 0) is 24.7 Å². The Bertz CT molecular complexity index is 540. The minimum atomic E-state index is 0.532. The average molecular weight is 271 g/mol. The SMILES string of the molecule is COc1ccccc1CN(C)Cc1ccc(CN)cn1. The molecule has 0 fully saturated rings. The molecule has 0 radical (unpaired) electrons. The summed E-state index contributed by atoms with van der Waals surface area (Å²) in [6.07, 6.45) is 1.84. The molecule has 0 aliphatic carbocycles. The first-order valence-corrected chi connectivity index (χ1v) is 6.67. The summed E-state index contributed by atoms with van der Waals surface area (Å²) in [5.74, 6) is 0.922. The third-order valence-electron chi connectivity index (χ3n) is 3.19. The molecule has 0 spiro atoms. The van der Waals surface area contributed by atoms with Crippen LogP contribution in [0.1, 0.15) is 16.8 Å². The first-order valence-electron chi connectivity index (χ1n) is 6.67. The Labute approximate surface area is 120 Å². The van der Waals surface area contributed by atoms with Crippen molar-refractivity contribution in [3.8, 4) is 5.75 Å². The molecule has 1 heterocycles. The van der Waals surface area contributed by atoms with E-state index in [2.05, 4.69) is 23.0 Å². The van der Waals surface area contributed by atoms with E-state index in [1.807, 2.05) is 36.5 Å². The monoisotopic (exact) mass is 271 g/mol. The summed E-state index contributed by atoms with van der Waals surface area (Å²) in [6.45, 7) is 2.15. The molecule has 20 heavy (non-hydrogen) atoms. The fourth-order valence-corrected chi connectivity index (χ4v) is 2.13. The molecule has 106 valence electrons. The number of nitrogens with zero attached hydrogens (tertiary/aromatic N) is 2. The number of rotatable bonds is 6. The predicted octanol–water partition coefficient (Wildman–Crippen LogP) is 2.18. The second kappa shape index (κ2) is 7.03. The minimum absolute atomic E-state index is 0.532. The Morgan fingerprint density at radius 1 is 1.15 bits per heavy atom. The molecule has 0 atom stereocenters. The van der Waals surface area contributed by atoms with E-state index in [0.29, 0.717) is 6.54 Å². The molecule has 1 aromatic heterocycles. The van der Waals surface area contributed by atoms with Crippen LogP contribution in [-0.4, -0.2) is 24.0 Å². The minimum Gasteiger partial charge on any atom is -0.496 e. The Balaban J connectivity index is 1.99. The van der Waals surface area contributed by atoms with Crippen molar-refractivity contribution in [2.24, 2.45) is 5.73 Å². The van der Waals surface area contributed by atoms with Crippen LogP contribution in [0.4, 0.5) is 0 Å². The largest absolute Gasteiger partial charge is 0.496 e. The Kier molecular flexibility index (Phi) is 5.09. The van der Waals surface area contributed by atoms with Gasteiger partial charge in [-0.3, -0.25) is 9.88 Å². The lowest BCUT2D eigenvalue weighted by Crippen LogP contribution is -2.18. The van der Waals surface area contributed by atoms with Crippen LogP contribution in [0.15, 0.2) is 42.6 Å². The van der Waals surface area contributed by atoms with Crippen LogP contribution >= 0.6 is 0 Å². The zero-order valence-electron chi connectivity index (χ0n) is 12.0. The van der Waals surface area contributed by atoms with Crippen LogP contribution in [0, 0.1) is 0 Å². The highest BCUT2D eigenvalue weighted by atomic mass is 16.5. The molecule has 4 heteroatoms. The first kappa shape index (κ1) is 14.5. The molecule has 2 N–H and O–H groups in total. The highest BCUT2D eigenvalue weighted by Crippen LogP contribution is 2.19. The van der Waals surface area contributed by atoms with Gasteiger partial charge in [0, 0.05) is 31.4 Å². The van der Waals surface area contributed by atoms with Crippen molar-refractivity contribution < 1.29 is 4.74 Å². The number of pyridine rings is 1. The van der Waals surface area contributed by atoms with E-state index in [0.717, 1.165) is 30.1 Å². The van der Waals surface area contributed by atoms with Gasteiger partial charge in [-0.1, -0.05) is 24.3 Å². The highest BCUT2D eigenvalue weighted by molar-refractivity contribution is 5.33. The molecule has 2 aromatic rings. The fraction of sp³-hybridized carbons (Fsp3) is 0.312. The molecule has 0 unspecified atom stereocenters. The van der Waals surface area contributed by atoms with Crippen LogP contribution in [0.2, 0.25) is 0 Å². The summed E-state index contributed by atoms with van der Waals surface area (Å²) in [4.78, 5) is 6.63. The molecular weight excluding hydrogens is 250 g/mol. The van der Waals surface area contributed by atoms with Crippen molar-refractivity contribution >= 4 is 0 Å². The summed E-state index contributed by atoms with van der Waals surface area (Å²) in [7, 11) is 3.77. The van der Waals surface area contributed by atoms with Gasteiger partial charge in [-0.15, -0.1) is 0 Å². The molecule has 0 amide bonds. The molecule has 0 aliphatic heterocycles. The maximum atomic E-state index is 5.57. The molecule has 0 bridgehead atoms. The van der Waals surface area contributed by atoms with Gasteiger partial charge >= 0.3 is 0 Å². The molecule has 4 nitrogen and oxygen atoms in total. The van der Waals surface area contributed by atoms with E-state index in [-0.39, 0.29) is 0 Å². The maximum Gasteiger partial charge on any atom is 0.123 e. The molecule has 0 saturated carbocycles. The van der Waals surface area contributed by atoms with Crippen molar-refractivity contribution in [2.45, 2.75) is 19.6 Å². The molecule has 0 saturated heterocycles. The van der Waals surface area contributed by atoms with Gasteiger partial charge < -0.3 is 10.5 Å². The number of aromatic nitrogens is 1. The van der Waals surface area contributed by atoms with Crippen LogP contribution < -0.4 is 10.5 Å². The predicted molar refractivity (Wildman–Crippen MR) is 80.3 cm³/mol. The third kappa shape index (κ3) is 3.79. The first-order chi connectivity index (χ1) is 9.72. The van der Waals surface area contributed by atoms with Crippen LogP contribution in [0.25, 0.3) is 0 Å². The van der Waals surface area contributed by atoms with Gasteiger partial charge in [-0.25, -0.2) is 0 Å². The normalized spacial score (nSPS) is 10.8. The second-order valence-electron chi connectivity index (χ2n) is 4.85. The van der Waals surface area contributed by atoms with Gasteiger partial charge in [0.05, 0.1) is 12.8 Å². The van der Waals surface area contributed by atoms with Crippen molar-refractivity contribution in [1.29, 1.82) is 0 Å². The maximum absolute atomic E-state index is 5.57. The summed E-state index contributed by atoms with van der Waals surface area (Å²) in [5, 5.41) is 0. The topological polar surface area (TPSA) is 51.4 Å². The highest BCUT2D eigenvalue weighted by Gasteiger charge is 2.07. The number of hydrogen-bond donors (Lipinski definition) is 1.